The Morgan fingerprint density at radius 1 is 1.50 bits per heavy atom. The number of carbonyl (C=O) groups is 1. The minimum Gasteiger partial charge on any atom is -0.481 e. The van der Waals surface area contributed by atoms with Crippen LogP contribution < -0.4 is 0 Å². The van der Waals surface area contributed by atoms with Gasteiger partial charge >= 0.3 is 5.97 Å². The van der Waals surface area contributed by atoms with E-state index in [0.717, 1.165) is 12.8 Å². The van der Waals surface area contributed by atoms with Crippen molar-refractivity contribution in [2.24, 2.45) is 0 Å². The summed E-state index contributed by atoms with van der Waals surface area (Å²) in [5.41, 5.74) is 0. The number of aliphatic carboxylic acids is 1. The van der Waals surface area contributed by atoms with E-state index in [-0.39, 0.29) is 6.42 Å². The van der Waals surface area contributed by atoms with Gasteiger partial charge in [0.2, 0.25) is 0 Å². The molecule has 0 fully saturated rings. The van der Waals surface area contributed by atoms with Gasteiger partial charge in [-0.05, 0) is 6.42 Å². The molecular weight excluding hydrogens is 132 g/mol. The number of carboxylic acid groups (broad SMARTS) is 1. The predicted molar refractivity (Wildman–Crippen MR) is 38.0 cm³/mol. The monoisotopic (exact) mass is 146 g/mol. The number of ether oxygens (including phenoxy) is 1. The number of rotatable bonds is 6. The zero-order chi connectivity index (χ0) is 7.82. The first-order valence-electron chi connectivity index (χ1n) is 3.57. The summed E-state index contributed by atoms with van der Waals surface area (Å²) >= 11 is 0. The molecule has 0 aliphatic heterocycles. The van der Waals surface area contributed by atoms with Crippen molar-refractivity contribution in [1.82, 2.24) is 0 Å². The smallest absolute Gasteiger partial charge is 0.305 e. The van der Waals surface area contributed by atoms with Gasteiger partial charge < -0.3 is 9.84 Å². The molecule has 0 amide bonds. The van der Waals surface area contributed by atoms with Gasteiger partial charge in [0, 0.05) is 6.61 Å². The van der Waals surface area contributed by atoms with Gasteiger partial charge in [-0.2, -0.15) is 0 Å². The summed E-state index contributed by atoms with van der Waals surface area (Å²) in [7, 11) is 0. The Hall–Kier alpha value is -0.570. The summed E-state index contributed by atoms with van der Waals surface area (Å²) in [5, 5.41) is 8.19. The number of hydrogen-bond donors (Lipinski definition) is 1. The Kier molecular flexibility index (Phi) is 6.18. The number of carboxylic acids is 1. The maximum atomic E-state index is 9.95. The van der Waals surface area contributed by atoms with E-state index in [2.05, 4.69) is 6.92 Å². The maximum Gasteiger partial charge on any atom is 0.305 e. The van der Waals surface area contributed by atoms with Gasteiger partial charge in [0.15, 0.2) is 0 Å². The van der Waals surface area contributed by atoms with Gasteiger partial charge in [0.05, 0.1) is 13.0 Å². The van der Waals surface area contributed by atoms with Crippen molar-refractivity contribution in [1.29, 1.82) is 0 Å². The third-order valence-corrected chi connectivity index (χ3v) is 1.10. The van der Waals surface area contributed by atoms with Crippen LogP contribution in [0, 0.1) is 0 Å². The molecule has 0 unspecified atom stereocenters. The van der Waals surface area contributed by atoms with Gasteiger partial charge in [-0.15, -0.1) is 0 Å². The lowest BCUT2D eigenvalue weighted by molar-refractivity contribution is -0.138. The normalized spacial score (nSPS) is 9.70. The first kappa shape index (κ1) is 9.43. The molecule has 0 radical (unpaired) electrons. The molecular formula is C7H14O3. The van der Waals surface area contributed by atoms with Crippen LogP contribution in [0.15, 0.2) is 0 Å². The molecule has 10 heavy (non-hydrogen) atoms. The average molecular weight is 146 g/mol. The van der Waals surface area contributed by atoms with Gasteiger partial charge in [-0.3, -0.25) is 4.79 Å². The summed E-state index contributed by atoms with van der Waals surface area (Å²) in [5.74, 6) is -0.795. The highest BCUT2D eigenvalue weighted by atomic mass is 16.5. The Balaban J connectivity index is 2.84. The number of hydrogen-bond acceptors (Lipinski definition) is 2. The molecule has 0 atom stereocenters. The van der Waals surface area contributed by atoms with Gasteiger partial charge in [-0.1, -0.05) is 13.3 Å². The first-order valence-corrected chi connectivity index (χ1v) is 3.57. The molecule has 0 rings (SSSR count). The second-order valence-corrected chi connectivity index (χ2v) is 2.11. The van der Waals surface area contributed by atoms with Crippen molar-refractivity contribution in [3.63, 3.8) is 0 Å². The Morgan fingerprint density at radius 3 is 2.70 bits per heavy atom. The molecule has 0 heterocycles. The van der Waals surface area contributed by atoms with E-state index < -0.39 is 5.97 Å². The van der Waals surface area contributed by atoms with Crippen LogP contribution in [0.1, 0.15) is 26.2 Å². The van der Waals surface area contributed by atoms with Crippen LogP contribution >= 0.6 is 0 Å². The summed E-state index contributed by atoms with van der Waals surface area (Å²) in [6.07, 6.45) is 2.22. The Labute approximate surface area is 61.0 Å². The highest BCUT2D eigenvalue weighted by molar-refractivity contribution is 5.66. The van der Waals surface area contributed by atoms with Crippen molar-refractivity contribution >= 4 is 5.97 Å². The van der Waals surface area contributed by atoms with Gasteiger partial charge in [-0.25, -0.2) is 0 Å². The third-order valence-electron chi connectivity index (χ3n) is 1.10. The molecule has 0 aromatic carbocycles. The molecule has 0 saturated heterocycles. The fourth-order valence-corrected chi connectivity index (χ4v) is 0.508. The second-order valence-electron chi connectivity index (χ2n) is 2.11. The zero-order valence-corrected chi connectivity index (χ0v) is 6.30. The summed E-state index contributed by atoms with van der Waals surface area (Å²) in [6, 6.07) is 0. The first-order chi connectivity index (χ1) is 4.77. The van der Waals surface area contributed by atoms with E-state index in [9.17, 15) is 4.79 Å². The van der Waals surface area contributed by atoms with Crippen molar-refractivity contribution in [2.45, 2.75) is 26.2 Å². The van der Waals surface area contributed by atoms with E-state index in [1.807, 2.05) is 0 Å². The minimum absolute atomic E-state index is 0.115. The lowest BCUT2D eigenvalue weighted by atomic mass is 10.4. The summed E-state index contributed by atoms with van der Waals surface area (Å²) < 4.78 is 5.00. The molecule has 0 aliphatic carbocycles. The van der Waals surface area contributed by atoms with Crippen LogP contribution in [0.3, 0.4) is 0 Å². The van der Waals surface area contributed by atoms with Gasteiger partial charge in [0.1, 0.15) is 0 Å². The fraction of sp³-hybridized carbons (Fsp3) is 0.857. The van der Waals surface area contributed by atoms with E-state index in [1.165, 1.54) is 0 Å². The molecule has 3 heteroatoms. The lowest BCUT2D eigenvalue weighted by Gasteiger charge is -1.98. The second kappa shape index (κ2) is 6.55. The van der Waals surface area contributed by atoms with Crippen LogP contribution in [0.4, 0.5) is 0 Å². The third kappa shape index (κ3) is 7.43. The van der Waals surface area contributed by atoms with Crippen molar-refractivity contribution < 1.29 is 14.6 Å². The Morgan fingerprint density at radius 2 is 2.20 bits per heavy atom. The van der Waals surface area contributed by atoms with Crippen molar-refractivity contribution in [3.8, 4) is 0 Å². The molecule has 1 N–H and O–H groups in total. The largest absolute Gasteiger partial charge is 0.481 e. The van der Waals surface area contributed by atoms with Crippen molar-refractivity contribution in [3.05, 3.63) is 0 Å². The van der Waals surface area contributed by atoms with Crippen molar-refractivity contribution in [2.75, 3.05) is 13.2 Å². The van der Waals surface area contributed by atoms with Crippen LogP contribution in [0.2, 0.25) is 0 Å². The molecule has 0 aromatic heterocycles. The molecule has 60 valence electrons. The predicted octanol–water partition coefficient (Wildman–Crippen LogP) is 1.28. The van der Waals surface area contributed by atoms with E-state index in [4.69, 9.17) is 9.84 Å². The van der Waals surface area contributed by atoms with E-state index in [0.29, 0.717) is 13.2 Å². The fourth-order valence-electron chi connectivity index (χ4n) is 0.508. The molecule has 0 spiro atoms. The number of unbranched alkanes of at least 4 members (excludes halogenated alkanes) is 1. The van der Waals surface area contributed by atoms with Crippen LogP contribution in [-0.4, -0.2) is 24.3 Å². The lowest BCUT2D eigenvalue weighted by Crippen LogP contribution is -2.03. The molecule has 3 nitrogen and oxygen atoms in total. The molecule has 0 bridgehead atoms. The van der Waals surface area contributed by atoms with Crippen LogP contribution in [0.25, 0.3) is 0 Å². The maximum absolute atomic E-state index is 9.95. The molecule has 0 saturated carbocycles. The highest BCUT2D eigenvalue weighted by Gasteiger charge is 1.94. The standard InChI is InChI=1S/C7H14O3/c1-2-3-5-10-6-4-7(8)9/h2-6H2,1H3,(H,8,9). The Bertz CT molecular complexity index is 90.9. The highest BCUT2D eigenvalue weighted by Crippen LogP contribution is 1.89. The molecule has 0 aromatic rings. The summed E-state index contributed by atoms with van der Waals surface area (Å²) in [4.78, 5) is 9.95. The summed E-state index contributed by atoms with van der Waals surface area (Å²) in [6.45, 7) is 3.10. The van der Waals surface area contributed by atoms with E-state index >= 15 is 0 Å². The topological polar surface area (TPSA) is 46.5 Å². The average Bonchev–Trinajstić information content (AvgIpc) is 1.87. The van der Waals surface area contributed by atoms with Crippen LogP contribution in [0.5, 0.6) is 0 Å². The minimum atomic E-state index is -0.795. The van der Waals surface area contributed by atoms with Crippen LogP contribution in [-0.2, 0) is 9.53 Å². The zero-order valence-electron chi connectivity index (χ0n) is 6.30. The SMILES string of the molecule is CCCCOCCC(=O)O. The van der Waals surface area contributed by atoms with E-state index in [1.54, 1.807) is 0 Å². The quantitative estimate of drug-likeness (QED) is 0.574. The molecule has 0 aliphatic rings. The van der Waals surface area contributed by atoms with Gasteiger partial charge in [0.25, 0.3) is 0 Å².